The zero-order valence-corrected chi connectivity index (χ0v) is 10.7. The smallest absolute Gasteiger partial charge is 0.303 e. The van der Waals surface area contributed by atoms with Crippen molar-refractivity contribution in [2.24, 2.45) is 0 Å². The topological polar surface area (TPSA) is 77.8 Å². The van der Waals surface area contributed by atoms with E-state index in [4.69, 9.17) is 19.2 Å². The molecule has 0 bridgehead atoms. The van der Waals surface area contributed by atoms with E-state index in [1.165, 1.54) is 13.8 Å². The van der Waals surface area contributed by atoms with E-state index in [1.807, 2.05) is 0 Å². The molecule has 0 aromatic rings. The van der Waals surface area contributed by atoms with Crippen molar-refractivity contribution >= 4 is 7.82 Å². The van der Waals surface area contributed by atoms with Gasteiger partial charge in [0, 0.05) is 5.57 Å². The third-order valence-corrected chi connectivity index (χ3v) is 1.85. The summed E-state index contributed by atoms with van der Waals surface area (Å²) in [6, 6.07) is 0. The maximum absolute atomic E-state index is 12.8. The lowest BCUT2D eigenvalue weighted by Gasteiger charge is -2.25. The molecule has 0 fully saturated rings. The number of hydrogen-bond donors (Lipinski definition) is 3. The summed E-state index contributed by atoms with van der Waals surface area (Å²) in [6.45, 7) is 1.07. The Morgan fingerprint density at radius 3 is 1.50 bits per heavy atom. The van der Waals surface area contributed by atoms with Gasteiger partial charge in [-0.25, -0.2) is 8.96 Å². The molecule has 0 aromatic heterocycles. The predicted octanol–water partition coefficient (Wildman–Crippen LogP) is 2.65. The van der Waals surface area contributed by atoms with Crippen LogP contribution in [0, 0.1) is 0 Å². The minimum absolute atomic E-state index is 0.0677. The van der Waals surface area contributed by atoms with E-state index >= 15 is 0 Å². The third kappa shape index (κ3) is 7.05. The van der Waals surface area contributed by atoms with E-state index in [0.717, 1.165) is 6.92 Å². The summed E-state index contributed by atoms with van der Waals surface area (Å²) in [7, 11) is -4.64. The summed E-state index contributed by atoms with van der Waals surface area (Å²) >= 11 is 0. The monoisotopic (exact) mass is 300 g/mol. The fourth-order valence-corrected chi connectivity index (χ4v) is 0.672. The highest BCUT2D eigenvalue weighted by molar-refractivity contribution is 7.45. The predicted molar refractivity (Wildman–Crippen MR) is 54.2 cm³/mol. The molecule has 0 saturated heterocycles. The first kappa shape index (κ1) is 19.8. The molecule has 4 nitrogen and oxygen atoms in total. The minimum atomic E-state index is -4.64. The zero-order valence-electron chi connectivity index (χ0n) is 9.79. The number of alkyl halides is 5. The second-order valence-electron chi connectivity index (χ2n) is 3.55. The van der Waals surface area contributed by atoms with Crippen LogP contribution in [-0.4, -0.2) is 33.2 Å². The van der Waals surface area contributed by atoms with Crippen molar-refractivity contribution in [1.82, 2.24) is 0 Å². The molecule has 0 rings (SSSR count). The lowest BCUT2D eigenvalue weighted by Crippen LogP contribution is -2.43. The first-order valence-electron chi connectivity index (χ1n) is 4.41. The maximum Gasteiger partial charge on any atom is 0.466 e. The van der Waals surface area contributed by atoms with Crippen LogP contribution in [0.5, 0.6) is 0 Å². The summed E-state index contributed by atoms with van der Waals surface area (Å²) in [6.07, 6.45) is 0. The van der Waals surface area contributed by atoms with Crippen LogP contribution in [0.4, 0.5) is 22.0 Å². The van der Waals surface area contributed by atoms with Gasteiger partial charge in [-0.05, 0) is 20.8 Å². The second kappa shape index (κ2) is 6.60. The average molecular weight is 300 g/mol. The van der Waals surface area contributed by atoms with Gasteiger partial charge >= 0.3 is 19.7 Å². The Labute approximate surface area is 100 Å². The maximum atomic E-state index is 12.8. The van der Waals surface area contributed by atoms with Gasteiger partial charge in [0.15, 0.2) is 6.67 Å². The summed E-state index contributed by atoms with van der Waals surface area (Å²) in [4.78, 5) is 21.6. The first-order chi connectivity index (χ1) is 7.66. The third-order valence-electron chi connectivity index (χ3n) is 1.85. The van der Waals surface area contributed by atoms with E-state index in [0.29, 0.717) is 0 Å². The van der Waals surface area contributed by atoms with Crippen molar-refractivity contribution < 1.29 is 41.2 Å². The fourth-order valence-electron chi connectivity index (χ4n) is 0.672. The molecule has 3 N–H and O–H groups in total. The van der Waals surface area contributed by atoms with E-state index in [-0.39, 0.29) is 5.57 Å². The molecule has 0 amide bonds. The molecule has 0 aliphatic rings. The average Bonchev–Trinajstić information content (AvgIpc) is 2.13. The summed E-state index contributed by atoms with van der Waals surface area (Å²) < 4.78 is 70.9. The lowest BCUT2D eigenvalue weighted by molar-refractivity contribution is -0.193. The molecule has 0 aliphatic carbocycles. The van der Waals surface area contributed by atoms with Crippen LogP contribution in [0.25, 0.3) is 0 Å². The second-order valence-corrected chi connectivity index (χ2v) is 4.58. The molecule has 10 heteroatoms. The standard InChI is InChI=1S/C8H11F5.H3O4P/c1-5(2)6(3)8(12,13)7(10,11)4-9;1-5(2,3)4/h4H2,1-3H3;(H3,1,2,3,4). The molecule has 0 aromatic carbocycles. The van der Waals surface area contributed by atoms with Crippen LogP contribution in [0.15, 0.2) is 11.1 Å². The molecular formula is C8H14F5O4P. The van der Waals surface area contributed by atoms with Gasteiger partial charge in [-0.2, -0.15) is 17.6 Å². The van der Waals surface area contributed by atoms with Crippen LogP contribution in [-0.2, 0) is 4.57 Å². The summed E-state index contributed by atoms with van der Waals surface area (Å²) in [5.74, 6) is -9.02. The van der Waals surface area contributed by atoms with Crippen LogP contribution >= 0.6 is 7.82 Å². The summed E-state index contributed by atoms with van der Waals surface area (Å²) in [5.41, 5.74) is -0.715. The number of hydrogen-bond acceptors (Lipinski definition) is 1. The molecule has 0 heterocycles. The molecule has 18 heavy (non-hydrogen) atoms. The van der Waals surface area contributed by atoms with Crippen LogP contribution in [0.1, 0.15) is 20.8 Å². The van der Waals surface area contributed by atoms with Gasteiger partial charge in [-0.15, -0.1) is 0 Å². The molecule has 0 spiro atoms. The first-order valence-corrected chi connectivity index (χ1v) is 5.97. The lowest BCUT2D eigenvalue weighted by atomic mass is 10.0. The van der Waals surface area contributed by atoms with Crippen molar-refractivity contribution in [1.29, 1.82) is 0 Å². The van der Waals surface area contributed by atoms with E-state index in [1.54, 1.807) is 0 Å². The Balaban J connectivity index is 0. The van der Waals surface area contributed by atoms with Gasteiger partial charge in [-0.1, -0.05) is 5.57 Å². The Hall–Kier alpha value is -0.500. The molecule has 0 radical (unpaired) electrons. The van der Waals surface area contributed by atoms with E-state index in [9.17, 15) is 22.0 Å². The highest BCUT2D eigenvalue weighted by Gasteiger charge is 2.57. The van der Waals surface area contributed by atoms with Gasteiger partial charge in [0.2, 0.25) is 0 Å². The van der Waals surface area contributed by atoms with Gasteiger partial charge in [-0.3, -0.25) is 0 Å². The molecule has 0 unspecified atom stereocenters. The quantitative estimate of drug-likeness (QED) is 0.425. The number of halogens is 5. The zero-order chi connectivity index (χ0) is 15.4. The molecular weight excluding hydrogens is 286 g/mol. The van der Waals surface area contributed by atoms with Crippen molar-refractivity contribution in [3.63, 3.8) is 0 Å². The van der Waals surface area contributed by atoms with Crippen LogP contribution in [0.2, 0.25) is 0 Å². The van der Waals surface area contributed by atoms with Crippen molar-refractivity contribution in [3.05, 3.63) is 11.1 Å². The van der Waals surface area contributed by atoms with E-state index in [2.05, 4.69) is 0 Å². The number of allylic oxidation sites excluding steroid dienone is 2. The Kier molecular flexibility index (Phi) is 7.28. The Morgan fingerprint density at radius 1 is 1.06 bits per heavy atom. The van der Waals surface area contributed by atoms with E-state index < -0.39 is 31.9 Å². The Morgan fingerprint density at radius 2 is 1.33 bits per heavy atom. The number of phosphoric acid groups is 1. The number of rotatable bonds is 3. The van der Waals surface area contributed by atoms with Crippen molar-refractivity contribution in [2.75, 3.05) is 6.67 Å². The van der Waals surface area contributed by atoms with Gasteiger partial charge in [0.1, 0.15) is 0 Å². The largest absolute Gasteiger partial charge is 0.466 e. The van der Waals surface area contributed by atoms with Crippen LogP contribution < -0.4 is 0 Å². The SMILES string of the molecule is CC(C)=C(C)C(F)(F)C(F)(F)CF.O=P(O)(O)O. The molecule has 0 saturated carbocycles. The van der Waals surface area contributed by atoms with Crippen molar-refractivity contribution in [2.45, 2.75) is 32.6 Å². The fraction of sp³-hybridized carbons (Fsp3) is 0.750. The highest BCUT2D eigenvalue weighted by Crippen LogP contribution is 2.41. The minimum Gasteiger partial charge on any atom is -0.303 e. The van der Waals surface area contributed by atoms with Gasteiger partial charge in [0.05, 0.1) is 0 Å². The van der Waals surface area contributed by atoms with Crippen molar-refractivity contribution in [3.8, 4) is 0 Å². The Bertz CT molecular complexity index is 337. The van der Waals surface area contributed by atoms with Crippen LogP contribution in [0.3, 0.4) is 0 Å². The van der Waals surface area contributed by atoms with Gasteiger partial charge < -0.3 is 14.7 Å². The molecule has 110 valence electrons. The normalized spacial score (nSPS) is 12.6. The highest BCUT2D eigenvalue weighted by atomic mass is 31.2. The summed E-state index contributed by atoms with van der Waals surface area (Å²) in [5, 5.41) is 0. The van der Waals surface area contributed by atoms with Gasteiger partial charge in [0.25, 0.3) is 0 Å². The molecule has 0 atom stereocenters. The molecule has 0 aliphatic heterocycles.